The van der Waals surface area contributed by atoms with Crippen molar-refractivity contribution >= 4 is 27.2 Å². The molecule has 0 aliphatic heterocycles. The van der Waals surface area contributed by atoms with Crippen molar-refractivity contribution in [2.24, 2.45) is 0 Å². The summed E-state index contributed by atoms with van der Waals surface area (Å²) in [5, 5.41) is 9.99. The van der Waals surface area contributed by atoms with Crippen LogP contribution in [-0.4, -0.2) is 29.4 Å². The van der Waals surface area contributed by atoms with Gasteiger partial charge in [0.05, 0.1) is 11.1 Å². The molecule has 0 unspecified atom stereocenters. The molecule has 0 fully saturated rings. The van der Waals surface area contributed by atoms with Crippen LogP contribution in [0.5, 0.6) is 0 Å². The van der Waals surface area contributed by atoms with Gasteiger partial charge in [0.25, 0.3) is 0 Å². The maximum atomic E-state index is 4.68. The summed E-state index contributed by atoms with van der Waals surface area (Å²) in [5.41, 5.74) is 3.11. The Morgan fingerprint density at radius 1 is 1.19 bits per heavy atom. The average molecular weight is 298 g/mol. The normalized spacial score (nSPS) is 11.8. The first-order chi connectivity index (χ1) is 10.1. The highest BCUT2D eigenvalue weighted by atomic mass is 32.1. The summed E-state index contributed by atoms with van der Waals surface area (Å²) >= 11 is 1.70. The van der Waals surface area contributed by atoms with Gasteiger partial charge in [-0.3, -0.25) is 4.68 Å². The van der Waals surface area contributed by atoms with E-state index in [1.807, 2.05) is 23.9 Å². The van der Waals surface area contributed by atoms with Gasteiger partial charge >= 0.3 is 0 Å². The van der Waals surface area contributed by atoms with Crippen molar-refractivity contribution in [1.82, 2.24) is 29.4 Å². The van der Waals surface area contributed by atoms with Gasteiger partial charge in [-0.2, -0.15) is 5.10 Å². The van der Waals surface area contributed by atoms with E-state index < -0.39 is 0 Å². The van der Waals surface area contributed by atoms with Crippen LogP contribution in [0.1, 0.15) is 22.0 Å². The minimum atomic E-state index is 0.569. The van der Waals surface area contributed by atoms with Crippen LogP contribution in [0.2, 0.25) is 0 Å². The highest BCUT2D eigenvalue weighted by molar-refractivity contribution is 7.18. The number of hydrogen-bond donors (Lipinski definition) is 0. The van der Waals surface area contributed by atoms with Gasteiger partial charge < -0.3 is 0 Å². The summed E-state index contributed by atoms with van der Waals surface area (Å²) in [6.07, 6.45) is 3.67. The molecule has 7 heteroatoms. The number of aromatic nitrogens is 6. The minimum absolute atomic E-state index is 0.569. The van der Waals surface area contributed by atoms with Crippen LogP contribution in [0.3, 0.4) is 0 Å². The Balaban J connectivity index is 1.87. The van der Waals surface area contributed by atoms with E-state index in [0.29, 0.717) is 6.54 Å². The lowest BCUT2D eigenvalue weighted by Gasteiger charge is -1.94. The molecule has 0 saturated heterocycles. The van der Waals surface area contributed by atoms with E-state index in [9.17, 15) is 0 Å². The standard InChI is InChI=1S/C14H14N6S/c1-8-4-5-19(17-8)6-11-16-13-12-9(2)10(3)21-14(12)15-7-20(13)18-11/h4-5,7H,6H2,1-3H3. The maximum absolute atomic E-state index is 4.68. The lowest BCUT2D eigenvalue weighted by atomic mass is 10.2. The predicted molar refractivity (Wildman–Crippen MR) is 81.7 cm³/mol. The first kappa shape index (κ1) is 12.5. The number of aryl methyl sites for hydroxylation is 3. The first-order valence-corrected chi connectivity index (χ1v) is 7.53. The molecule has 0 aliphatic rings. The van der Waals surface area contributed by atoms with Gasteiger partial charge in [0.15, 0.2) is 11.5 Å². The van der Waals surface area contributed by atoms with Gasteiger partial charge in [0, 0.05) is 11.1 Å². The predicted octanol–water partition coefficient (Wildman–Crippen LogP) is 2.51. The van der Waals surface area contributed by atoms with Crippen molar-refractivity contribution in [3.63, 3.8) is 0 Å². The summed E-state index contributed by atoms with van der Waals surface area (Å²) in [4.78, 5) is 11.4. The molecule has 4 aromatic heterocycles. The van der Waals surface area contributed by atoms with Crippen LogP contribution in [0.25, 0.3) is 15.9 Å². The molecule has 0 bridgehead atoms. The Kier molecular flexibility index (Phi) is 2.58. The Labute approximate surface area is 125 Å². The highest BCUT2D eigenvalue weighted by Crippen LogP contribution is 2.30. The van der Waals surface area contributed by atoms with E-state index in [1.165, 1.54) is 10.4 Å². The molecule has 106 valence electrons. The smallest absolute Gasteiger partial charge is 0.173 e. The van der Waals surface area contributed by atoms with Crippen molar-refractivity contribution in [2.75, 3.05) is 0 Å². The lowest BCUT2D eigenvalue weighted by Crippen LogP contribution is -2.02. The van der Waals surface area contributed by atoms with E-state index in [1.54, 1.807) is 22.2 Å². The molecule has 0 aliphatic carbocycles. The zero-order valence-corrected chi connectivity index (χ0v) is 12.8. The van der Waals surface area contributed by atoms with Crippen molar-refractivity contribution in [3.8, 4) is 0 Å². The quantitative estimate of drug-likeness (QED) is 0.570. The first-order valence-electron chi connectivity index (χ1n) is 6.72. The second-order valence-electron chi connectivity index (χ2n) is 5.16. The zero-order valence-electron chi connectivity index (χ0n) is 12.0. The van der Waals surface area contributed by atoms with Crippen molar-refractivity contribution in [1.29, 1.82) is 0 Å². The molecule has 0 atom stereocenters. The molecule has 0 aromatic carbocycles. The third kappa shape index (κ3) is 1.92. The fourth-order valence-corrected chi connectivity index (χ4v) is 3.44. The van der Waals surface area contributed by atoms with Gasteiger partial charge in [0.2, 0.25) is 0 Å². The molecule has 4 aromatic rings. The third-order valence-corrected chi connectivity index (χ3v) is 4.74. The average Bonchev–Trinajstić information content (AvgIpc) is 3.10. The lowest BCUT2D eigenvalue weighted by molar-refractivity contribution is 0.648. The zero-order chi connectivity index (χ0) is 14.6. The van der Waals surface area contributed by atoms with Crippen LogP contribution in [0.4, 0.5) is 0 Å². The second-order valence-corrected chi connectivity index (χ2v) is 6.36. The number of rotatable bonds is 2. The van der Waals surface area contributed by atoms with Crippen LogP contribution in [0, 0.1) is 20.8 Å². The number of fused-ring (bicyclic) bond motifs is 3. The van der Waals surface area contributed by atoms with Gasteiger partial charge in [-0.15, -0.1) is 16.4 Å². The Bertz CT molecular complexity index is 961. The number of nitrogens with zero attached hydrogens (tertiary/aromatic N) is 6. The van der Waals surface area contributed by atoms with E-state index in [-0.39, 0.29) is 0 Å². The van der Waals surface area contributed by atoms with Crippen molar-refractivity contribution < 1.29 is 0 Å². The van der Waals surface area contributed by atoms with E-state index in [0.717, 1.165) is 27.4 Å². The molecular formula is C14H14N6S. The monoisotopic (exact) mass is 298 g/mol. The number of thiophene rings is 1. The maximum Gasteiger partial charge on any atom is 0.173 e. The third-order valence-electron chi connectivity index (χ3n) is 3.63. The van der Waals surface area contributed by atoms with Crippen LogP contribution in [0.15, 0.2) is 18.6 Å². The molecule has 0 radical (unpaired) electrons. The Morgan fingerprint density at radius 2 is 2.05 bits per heavy atom. The highest BCUT2D eigenvalue weighted by Gasteiger charge is 2.14. The minimum Gasteiger partial charge on any atom is -0.265 e. The van der Waals surface area contributed by atoms with Gasteiger partial charge in [-0.25, -0.2) is 14.5 Å². The molecule has 4 rings (SSSR count). The van der Waals surface area contributed by atoms with Gasteiger partial charge in [-0.1, -0.05) is 0 Å². The summed E-state index contributed by atoms with van der Waals surface area (Å²) in [6, 6.07) is 1.97. The number of hydrogen-bond acceptors (Lipinski definition) is 5. The van der Waals surface area contributed by atoms with Gasteiger partial charge in [0.1, 0.15) is 17.7 Å². The SMILES string of the molecule is Cc1ccn(Cc2nc3c4c(C)c(C)sc4ncn3n2)n1. The van der Waals surface area contributed by atoms with Crippen molar-refractivity contribution in [2.45, 2.75) is 27.3 Å². The summed E-state index contributed by atoms with van der Waals surface area (Å²) < 4.78 is 3.60. The molecule has 0 saturated carbocycles. The summed E-state index contributed by atoms with van der Waals surface area (Å²) in [5.74, 6) is 0.746. The molecule has 0 N–H and O–H groups in total. The Morgan fingerprint density at radius 3 is 2.81 bits per heavy atom. The molecular weight excluding hydrogens is 284 g/mol. The topological polar surface area (TPSA) is 60.9 Å². The molecule has 0 amide bonds. The van der Waals surface area contributed by atoms with Gasteiger partial charge in [-0.05, 0) is 32.4 Å². The second kappa shape index (κ2) is 4.36. The fraction of sp³-hybridized carbons (Fsp3) is 0.286. The van der Waals surface area contributed by atoms with E-state index in [4.69, 9.17) is 0 Å². The van der Waals surface area contributed by atoms with E-state index in [2.05, 4.69) is 34.0 Å². The van der Waals surface area contributed by atoms with E-state index >= 15 is 0 Å². The van der Waals surface area contributed by atoms with Crippen LogP contribution >= 0.6 is 11.3 Å². The van der Waals surface area contributed by atoms with Crippen LogP contribution in [-0.2, 0) is 6.54 Å². The van der Waals surface area contributed by atoms with Crippen molar-refractivity contribution in [3.05, 3.63) is 40.5 Å². The largest absolute Gasteiger partial charge is 0.265 e. The molecule has 0 spiro atoms. The summed E-state index contributed by atoms with van der Waals surface area (Å²) in [6.45, 7) is 6.76. The van der Waals surface area contributed by atoms with Crippen LogP contribution < -0.4 is 0 Å². The summed E-state index contributed by atoms with van der Waals surface area (Å²) in [7, 11) is 0. The molecule has 4 heterocycles. The molecule has 6 nitrogen and oxygen atoms in total. The molecule has 21 heavy (non-hydrogen) atoms. The fourth-order valence-electron chi connectivity index (χ4n) is 2.45. The Hall–Kier alpha value is -2.28.